The number of halogens is 2. The van der Waals surface area contributed by atoms with Gasteiger partial charge in [0.2, 0.25) is 5.78 Å². The number of ketones is 1. The predicted octanol–water partition coefficient (Wildman–Crippen LogP) is 3.49. The van der Waals surface area contributed by atoms with Crippen molar-refractivity contribution in [3.05, 3.63) is 65.2 Å². The number of Topliss-reactive ketones (excluding diaryl/α,β-unsaturated/α-hetero) is 1. The van der Waals surface area contributed by atoms with E-state index < -0.39 is 17.7 Å². The quantitative estimate of drug-likeness (QED) is 0.809. The molecule has 3 nitrogen and oxygen atoms in total. The van der Waals surface area contributed by atoms with Gasteiger partial charge in [-0.25, -0.2) is 8.78 Å². The van der Waals surface area contributed by atoms with Gasteiger partial charge in [-0.2, -0.15) is 5.26 Å². The molecule has 1 unspecified atom stereocenters. The molecule has 2 aromatic rings. The van der Waals surface area contributed by atoms with Crippen LogP contribution in [0, 0.1) is 23.0 Å². The second kappa shape index (κ2) is 6.14. The van der Waals surface area contributed by atoms with Crippen molar-refractivity contribution in [2.45, 2.75) is 13.0 Å². The number of nitrogens with zero attached hydrogens (tertiary/aromatic N) is 1. The van der Waals surface area contributed by atoms with E-state index in [2.05, 4.69) is 0 Å². The summed E-state index contributed by atoms with van der Waals surface area (Å²) in [6.45, 7) is 1.52. The Hall–Kier alpha value is -2.74. The monoisotopic (exact) mass is 287 g/mol. The third-order valence-corrected chi connectivity index (χ3v) is 2.87. The van der Waals surface area contributed by atoms with Crippen molar-refractivity contribution in [2.75, 3.05) is 0 Å². The number of nitriles is 1. The van der Waals surface area contributed by atoms with Crippen LogP contribution in [0.2, 0.25) is 0 Å². The van der Waals surface area contributed by atoms with Crippen LogP contribution in [0.1, 0.15) is 22.8 Å². The SMILES string of the molecule is CC(Oc1ccc(C#N)c(F)c1)C(=O)c1ccc(F)cc1. The van der Waals surface area contributed by atoms with E-state index in [1.807, 2.05) is 0 Å². The molecule has 0 fully saturated rings. The van der Waals surface area contributed by atoms with Gasteiger partial charge in [0.25, 0.3) is 0 Å². The van der Waals surface area contributed by atoms with E-state index >= 15 is 0 Å². The van der Waals surface area contributed by atoms with Crippen LogP contribution in [0.3, 0.4) is 0 Å². The molecule has 0 saturated heterocycles. The number of hydrogen-bond donors (Lipinski definition) is 0. The molecule has 0 bridgehead atoms. The molecule has 0 spiro atoms. The van der Waals surface area contributed by atoms with Crippen molar-refractivity contribution in [3.8, 4) is 11.8 Å². The van der Waals surface area contributed by atoms with E-state index in [0.717, 1.165) is 6.07 Å². The molecule has 2 rings (SSSR count). The Kier molecular flexibility index (Phi) is 4.29. The topological polar surface area (TPSA) is 50.1 Å². The Labute approximate surface area is 120 Å². The molecule has 0 radical (unpaired) electrons. The highest BCUT2D eigenvalue weighted by atomic mass is 19.1. The second-order valence-corrected chi connectivity index (χ2v) is 4.38. The second-order valence-electron chi connectivity index (χ2n) is 4.38. The average Bonchev–Trinajstić information content (AvgIpc) is 2.47. The number of carbonyl (C=O) groups excluding carboxylic acids is 1. The zero-order chi connectivity index (χ0) is 15.4. The van der Waals surface area contributed by atoms with Crippen LogP contribution < -0.4 is 4.74 Å². The van der Waals surface area contributed by atoms with Crippen LogP contribution >= 0.6 is 0 Å². The largest absolute Gasteiger partial charge is 0.482 e. The Morgan fingerprint density at radius 3 is 2.43 bits per heavy atom. The zero-order valence-corrected chi connectivity index (χ0v) is 11.1. The van der Waals surface area contributed by atoms with Crippen molar-refractivity contribution < 1.29 is 18.3 Å². The van der Waals surface area contributed by atoms with Crippen LogP contribution in [-0.4, -0.2) is 11.9 Å². The van der Waals surface area contributed by atoms with Gasteiger partial charge >= 0.3 is 0 Å². The highest BCUT2D eigenvalue weighted by Gasteiger charge is 2.17. The van der Waals surface area contributed by atoms with Crippen LogP contribution in [0.5, 0.6) is 5.75 Å². The lowest BCUT2D eigenvalue weighted by molar-refractivity contribution is 0.0817. The fourth-order valence-corrected chi connectivity index (χ4v) is 1.77. The third kappa shape index (κ3) is 3.42. The highest BCUT2D eigenvalue weighted by Crippen LogP contribution is 2.18. The molecule has 0 aliphatic heterocycles. The van der Waals surface area contributed by atoms with Crippen molar-refractivity contribution in [1.82, 2.24) is 0 Å². The molecule has 106 valence electrons. The molecule has 21 heavy (non-hydrogen) atoms. The van der Waals surface area contributed by atoms with E-state index in [1.165, 1.54) is 43.3 Å². The van der Waals surface area contributed by atoms with Gasteiger partial charge in [0.15, 0.2) is 6.10 Å². The lowest BCUT2D eigenvalue weighted by Gasteiger charge is -2.14. The zero-order valence-electron chi connectivity index (χ0n) is 11.1. The summed E-state index contributed by atoms with van der Waals surface area (Å²) in [5.41, 5.74) is 0.206. The molecule has 0 N–H and O–H groups in total. The first-order chi connectivity index (χ1) is 10.0. The first kappa shape index (κ1) is 14.7. The molecule has 0 aliphatic rings. The molecular formula is C16H11F2NO2. The smallest absolute Gasteiger partial charge is 0.202 e. The fraction of sp³-hybridized carbons (Fsp3) is 0.125. The van der Waals surface area contributed by atoms with Crippen LogP contribution in [0.15, 0.2) is 42.5 Å². The van der Waals surface area contributed by atoms with Crippen molar-refractivity contribution in [2.24, 2.45) is 0 Å². The number of ether oxygens (including phenoxy) is 1. The third-order valence-electron chi connectivity index (χ3n) is 2.87. The van der Waals surface area contributed by atoms with Crippen LogP contribution in [0.25, 0.3) is 0 Å². The van der Waals surface area contributed by atoms with Crippen LogP contribution in [-0.2, 0) is 0 Å². The molecule has 1 atom stereocenters. The van der Waals surface area contributed by atoms with Crippen molar-refractivity contribution in [3.63, 3.8) is 0 Å². The summed E-state index contributed by atoms with van der Waals surface area (Å²) < 4.78 is 31.6. The van der Waals surface area contributed by atoms with E-state index in [4.69, 9.17) is 10.00 Å². The van der Waals surface area contributed by atoms with Gasteiger partial charge in [-0.3, -0.25) is 4.79 Å². The maximum Gasteiger partial charge on any atom is 0.202 e. The summed E-state index contributed by atoms with van der Waals surface area (Å²) in [5, 5.41) is 8.63. The van der Waals surface area contributed by atoms with Gasteiger partial charge in [0, 0.05) is 11.6 Å². The molecule has 0 heterocycles. The molecule has 0 aromatic heterocycles. The van der Waals surface area contributed by atoms with E-state index in [1.54, 1.807) is 6.07 Å². The average molecular weight is 287 g/mol. The highest BCUT2D eigenvalue weighted by molar-refractivity contribution is 5.99. The lowest BCUT2D eigenvalue weighted by atomic mass is 10.1. The minimum absolute atomic E-state index is 0.0973. The first-order valence-corrected chi connectivity index (χ1v) is 6.17. The van der Waals surface area contributed by atoms with Gasteiger partial charge in [-0.05, 0) is 43.3 Å². The molecule has 5 heteroatoms. The summed E-state index contributed by atoms with van der Waals surface area (Å²) in [4.78, 5) is 12.1. The minimum atomic E-state index is -0.859. The van der Waals surface area contributed by atoms with Crippen molar-refractivity contribution in [1.29, 1.82) is 5.26 Å². The maximum absolute atomic E-state index is 13.4. The van der Waals surface area contributed by atoms with Crippen LogP contribution in [0.4, 0.5) is 8.78 Å². The van der Waals surface area contributed by atoms with E-state index in [9.17, 15) is 13.6 Å². The summed E-state index contributed by atoms with van der Waals surface area (Å²) >= 11 is 0. The molecule has 0 saturated carbocycles. The Bertz CT molecular complexity index is 705. The lowest BCUT2D eigenvalue weighted by Crippen LogP contribution is -2.24. The first-order valence-electron chi connectivity index (χ1n) is 6.17. The van der Waals surface area contributed by atoms with E-state index in [0.29, 0.717) is 5.56 Å². The Morgan fingerprint density at radius 2 is 1.86 bits per heavy atom. The molecule has 0 aliphatic carbocycles. The van der Waals surface area contributed by atoms with Crippen molar-refractivity contribution >= 4 is 5.78 Å². The number of hydrogen-bond acceptors (Lipinski definition) is 3. The number of rotatable bonds is 4. The van der Waals surface area contributed by atoms with Gasteiger partial charge in [0.1, 0.15) is 23.5 Å². The number of benzene rings is 2. The summed E-state index contributed by atoms with van der Waals surface area (Å²) in [6.07, 6.45) is -0.859. The van der Waals surface area contributed by atoms with E-state index in [-0.39, 0.29) is 17.1 Å². The standard InChI is InChI=1S/C16H11F2NO2/c1-10(16(20)11-2-5-13(17)6-3-11)21-14-7-4-12(9-19)15(18)8-14/h2-8,10H,1H3. The minimum Gasteiger partial charge on any atom is -0.482 e. The van der Waals surface area contributed by atoms with Gasteiger partial charge in [0.05, 0.1) is 5.56 Å². The Balaban J connectivity index is 2.12. The van der Waals surface area contributed by atoms with Gasteiger partial charge in [-0.15, -0.1) is 0 Å². The maximum atomic E-state index is 13.4. The summed E-state index contributed by atoms with van der Waals surface area (Å²) in [7, 11) is 0. The molecular weight excluding hydrogens is 276 g/mol. The fourth-order valence-electron chi connectivity index (χ4n) is 1.77. The Morgan fingerprint density at radius 1 is 1.19 bits per heavy atom. The summed E-state index contributed by atoms with van der Waals surface area (Å²) in [6, 6.07) is 10.5. The summed E-state index contributed by atoms with van der Waals surface area (Å²) in [5.74, 6) is -1.35. The molecule has 2 aromatic carbocycles. The van der Waals surface area contributed by atoms with Gasteiger partial charge in [-0.1, -0.05) is 0 Å². The molecule has 0 amide bonds. The number of carbonyl (C=O) groups is 1. The predicted molar refractivity (Wildman–Crippen MR) is 71.9 cm³/mol. The normalized spacial score (nSPS) is 11.5. The van der Waals surface area contributed by atoms with Gasteiger partial charge < -0.3 is 4.74 Å².